The highest BCUT2D eigenvalue weighted by atomic mass is 19.1. The third-order valence-electron chi connectivity index (χ3n) is 3.08. The number of carbonyl (C=O) groups is 1. The molecule has 0 unspecified atom stereocenters. The number of para-hydroxylation sites is 1. The molecule has 0 heterocycles. The zero-order chi connectivity index (χ0) is 18.2. The van der Waals surface area contributed by atoms with Gasteiger partial charge in [-0.15, -0.1) is 0 Å². The molecule has 2 aromatic rings. The van der Waals surface area contributed by atoms with Gasteiger partial charge in [0.1, 0.15) is 5.82 Å². The van der Waals surface area contributed by atoms with Crippen LogP contribution in [0.25, 0.3) is 6.08 Å². The van der Waals surface area contributed by atoms with Crippen LogP contribution in [0.4, 0.5) is 10.1 Å². The lowest BCUT2D eigenvalue weighted by atomic mass is 10.1. The highest BCUT2D eigenvalue weighted by Gasteiger charge is 2.11. The summed E-state index contributed by atoms with van der Waals surface area (Å²) < 4.78 is 13.7. The van der Waals surface area contributed by atoms with Gasteiger partial charge in [-0.05, 0) is 36.4 Å². The fourth-order valence-electron chi connectivity index (χ4n) is 1.91. The van der Waals surface area contributed by atoms with Crippen molar-refractivity contribution >= 4 is 23.9 Å². The summed E-state index contributed by atoms with van der Waals surface area (Å²) in [6.45, 7) is 0. The summed E-state index contributed by atoms with van der Waals surface area (Å²) in [5.41, 5.74) is 2.29. The van der Waals surface area contributed by atoms with Crippen molar-refractivity contribution in [2.45, 2.75) is 0 Å². The Morgan fingerprint density at radius 3 is 2.76 bits per heavy atom. The maximum absolute atomic E-state index is 13.7. The molecule has 0 aliphatic rings. The highest BCUT2D eigenvalue weighted by Crippen LogP contribution is 2.18. The molecule has 2 rings (SSSR count). The Bertz CT molecular complexity index is 916. The molecule has 1 N–H and O–H groups in total. The van der Waals surface area contributed by atoms with Crippen LogP contribution < -0.4 is 5.43 Å². The molecule has 2 aromatic carbocycles. The van der Waals surface area contributed by atoms with Gasteiger partial charge >= 0.3 is 0 Å². The van der Waals surface area contributed by atoms with Crippen LogP contribution in [-0.2, 0) is 0 Å². The van der Waals surface area contributed by atoms with E-state index in [1.807, 2.05) is 0 Å². The number of amides is 1. The quantitative estimate of drug-likeness (QED) is 0.513. The van der Waals surface area contributed by atoms with E-state index in [0.29, 0.717) is 5.56 Å². The highest BCUT2D eigenvalue weighted by molar-refractivity contribution is 5.95. The molecule has 0 bridgehead atoms. The lowest BCUT2D eigenvalue weighted by molar-refractivity contribution is -0.385. The summed E-state index contributed by atoms with van der Waals surface area (Å²) in [5.74, 6) is -1.61. The molecule has 0 aliphatic heterocycles. The normalized spacial score (nSPS) is 10.7. The van der Waals surface area contributed by atoms with Gasteiger partial charge in [-0.3, -0.25) is 14.9 Å². The molecule has 0 saturated heterocycles. The Kier molecular flexibility index (Phi) is 5.68. The molecule has 0 aliphatic carbocycles. The summed E-state index contributed by atoms with van der Waals surface area (Å²) >= 11 is 0. The Morgan fingerprint density at radius 2 is 2.08 bits per heavy atom. The van der Waals surface area contributed by atoms with Crippen LogP contribution in [0.1, 0.15) is 21.5 Å². The molecule has 8 heteroatoms. The smallest absolute Gasteiger partial charge is 0.267 e. The second kappa shape index (κ2) is 8.12. The van der Waals surface area contributed by atoms with Crippen LogP contribution in [0, 0.1) is 27.3 Å². The third kappa shape index (κ3) is 4.56. The number of halogens is 1. The van der Waals surface area contributed by atoms with E-state index in [0.717, 1.165) is 6.07 Å². The minimum absolute atomic E-state index is 0.0594. The number of hydrazone groups is 1. The van der Waals surface area contributed by atoms with Crippen LogP contribution in [-0.4, -0.2) is 17.0 Å². The van der Waals surface area contributed by atoms with Gasteiger partial charge in [0.15, 0.2) is 0 Å². The number of hydrogen-bond acceptors (Lipinski definition) is 5. The molecule has 0 atom stereocenters. The van der Waals surface area contributed by atoms with Gasteiger partial charge in [0.2, 0.25) is 0 Å². The summed E-state index contributed by atoms with van der Waals surface area (Å²) in [5, 5.41) is 23.1. The fourth-order valence-corrected chi connectivity index (χ4v) is 1.91. The van der Waals surface area contributed by atoms with E-state index in [4.69, 9.17) is 5.26 Å². The number of nitriles is 1. The number of nitrogens with zero attached hydrogens (tertiary/aromatic N) is 3. The SMILES string of the molecule is N#Cc1ccc(C(=O)N/N=C\C=C\c2ccccc2[N+](=O)[O-])c(F)c1. The number of rotatable bonds is 5. The Balaban J connectivity index is 2.01. The number of benzene rings is 2. The molecule has 124 valence electrons. The first kappa shape index (κ1) is 17.5. The molecular formula is C17H11FN4O3. The van der Waals surface area contributed by atoms with Crippen LogP contribution in [0.2, 0.25) is 0 Å². The lowest BCUT2D eigenvalue weighted by Crippen LogP contribution is -2.18. The summed E-state index contributed by atoms with van der Waals surface area (Å²) in [6.07, 6.45) is 4.06. The van der Waals surface area contributed by atoms with Crippen LogP contribution in [0.3, 0.4) is 0 Å². The van der Waals surface area contributed by atoms with Gasteiger partial charge in [-0.1, -0.05) is 12.1 Å². The standard InChI is InChI=1S/C17H11FN4O3/c18-15-10-12(11-19)7-8-14(15)17(23)21-20-9-3-5-13-4-1-2-6-16(13)22(24)25/h1-10H,(H,21,23)/b5-3+,20-9-. The first-order valence-electron chi connectivity index (χ1n) is 6.96. The maximum atomic E-state index is 13.7. The van der Waals surface area contributed by atoms with Crippen molar-refractivity contribution in [1.29, 1.82) is 5.26 Å². The van der Waals surface area contributed by atoms with Gasteiger partial charge in [0, 0.05) is 12.3 Å². The van der Waals surface area contributed by atoms with Gasteiger partial charge in [0.05, 0.1) is 27.7 Å². The molecular weight excluding hydrogens is 327 g/mol. The van der Waals surface area contributed by atoms with Gasteiger partial charge in [-0.25, -0.2) is 9.82 Å². The van der Waals surface area contributed by atoms with E-state index < -0.39 is 16.6 Å². The summed E-state index contributed by atoms with van der Waals surface area (Å²) in [6, 6.07) is 11.3. The second-order valence-electron chi connectivity index (χ2n) is 4.70. The maximum Gasteiger partial charge on any atom is 0.276 e. The average Bonchev–Trinajstić information content (AvgIpc) is 2.61. The Labute approximate surface area is 141 Å². The van der Waals surface area contributed by atoms with Crippen molar-refractivity contribution in [3.05, 3.63) is 81.2 Å². The second-order valence-corrected chi connectivity index (χ2v) is 4.70. The van der Waals surface area contributed by atoms with Crippen LogP contribution in [0.5, 0.6) is 0 Å². The summed E-state index contributed by atoms with van der Waals surface area (Å²) in [7, 11) is 0. The third-order valence-corrected chi connectivity index (χ3v) is 3.08. The van der Waals surface area contributed by atoms with Gasteiger partial charge < -0.3 is 0 Å². The van der Waals surface area contributed by atoms with Crippen molar-refractivity contribution in [3.8, 4) is 6.07 Å². The molecule has 0 fully saturated rings. The number of hydrogen-bond donors (Lipinski definition) is 1. The Hall–Kier alpha value is -3.86. The molecule has 1 amide bonds. The lowest BCUT2D eigenvalue weighted by Gasteiger charge is -2.01. The van der Waals surface area contributed by atoms with Crippen LogP contribution >= 0.6 is 0 Å². The number of carbonyl (C=O) groups excluding carboxylic acids is 1. The minimum Gasteiger partial charge on any atom is -0.267 e. The van der Waals surface area contributed by atoms with Crippen molar-refractivity contribution in [1.82, 2.24) is 5.43 Å². The van der Waals surface area contributed by atoms with Gasteiger partial charge in [0.25, 0.3) is 11.6 Å². The van der Waals surface area contributed by atoms with Crippen molar-refractivity contribution in [2.24, 2.45) is 5.10 Å². The molecule has 0 radical (unpaired) electrons. The van der Waals surface area contributed by atoms with Crippen molar-refractivity contribution < 1.29 is 14.1 Å². The first-order valence-corrected chi connectivity index (χ1v) is 6.96. The van der Waals surface area contributed by atoms with Crippen LogP contribution in [0.15, 0.2) is 53.6 Å². The first-order chi connectivity index (χ1) is 12.0. The largest absolute Gasteiger partial charge is 0.276 e. The molecule has 25 heavy (non-hydrogen) atoms. The average molecular weight is 338 g/mol. The predicted octanol–water partition coefficient (Wildman–Crippen LogP) is 3.03. The van der Waals surface area contributed by atoms with E-state index in [-0.39, 0.29) is 16.8 Å². The van der Waals surface area contributed by atoms with Crippen molar-refractivity contribution in [3.63, 3.8) is 0 Å². The van der Waals surface area contributed by atoms with E-state index in [1.165, 1.54) is 36.6 Å². The molecule has 0 spiro atoms. The minimum atomic E-state index is -0.831. The van der Waals surface area contributed by atoms with E-state index in [9.17, 15) is 19.3 Å². The number of nitro benzene ring substituents is 1. The number of nitrogens with one attached hydrogen (secondary N) is 1. The predicted molar refractivity (Wildman–Crippen MR) is 89.2 cm³/mol. The topological polar surface area (TPSA) is 108 Å². The van der Waals surface area contributed by atoms with Gasteiger partial charge in [-0.2, -0.15) is 10.4 Å². The fraction of sp³-hybridized carbons (Fsp3) is 0. The molecule has 7 nitrogen and oxygen atoms in total. The molecule has 0 saturated carbocycles. The van der Waals surface area contributed by atoms with E-state index in [1.54, 1.807) is 24.3 Å². The molecule has 0 aromatic heterocycles. The number of allylic oxidation sites excluding steroid dienone is 1. The summed E-state index contributed by atoms with van der Waals surface area (Å²) in [4.78, 5) is 22.1. The number of nitro groups is 1. The monoisotopic (exact) mass is 338 g/mol. The van der Waals surface area contributed by atoms with Crippen molar-refractivity contribution in [2.75, 3.05) is 0 Å². The zero-order valence-electron chi connectivity index (χ0n) is 12.7. The Morgan fingerprint density at radius 1 is 1.32 bits per heavy atom. The zero-order valence-corrected chi connectivity index (χ0v) is 12.7. The van der Waals surface area contributed by atoms with E-state index >= 15 is 0 Å². The van der Waals surface area contributed by atoms with E-state index in [2.05, 4.69) is 10.5 Å².